The van der Waals surface area contributed by atoms with E-state index in [0.29, 0.717) is 0 Å². The normalized spacial score (nSPS) is 17.5. The Morgan fingerprint density at radius 3 is 2.31 bits per heavy atom. The number of aliphatic hydroxyl groups excluding tert-OH is 1. The SMILES string of the molecule is C=C[C@@](C)(c1ccccc1)[C@@H](C)O. The zero-order chi connectivity index (χ0) is 9.90. The largest absolute Gasteiger partial charge is 0.392 e. The number of benzene rings is 1. The molecule has 1 aromatic rings. The molecule has 0 spiro atoms. The van der Waals surface area contributed by atoms with Crippen LogP contribution in [0, 0.1) is 0 Å². The molecule has 0 aliphatic heterocycles. The highest BCUT2D eigenvalue weighted by Crippen LogP contribution is 2.28. The van der Waals surface area contributed by atoms with Crippen molar-refractivity contribution in [3.05, 3.63) is 48.6 Å². The van der Waals surface area contributed by atoms with Crippen molar-refractivity contribution in [2.24, 2.45) is 0 Å². The van der Waals surface area contributed by atoms with Gasteiger partial charge in [-0.2, -0.15) is 0 Å². The van der Waals surface area contributed by atoms with Gasteiger partial charge in [0, 0.05) is 5.41 Å². The zero-order valence-electron chi connectivity index (χ0n) is 8.20. The molecule has 0 saturated carbocycles. The Labute approximate surface area is 79.7 Å². The van der Waals surface area contributed by atoms with Gasteiger partial charge in [-0.3, -0.25) is 0 Å². The quantitative estimate of drug-likeness (QED) is 0.702. The van der Waals surface area contributed by atoms with E-state index in [4.69, 9.17) is 0 Å². The van der Waals surface area contributed by atoms with Crippen molar-refractivity contribution in [1.29, 1.82) is 0 Å². The lowest BCUT2D eigenvalue weighted by atomic mass is 9.78. The average molecular weight is 176 g/mol. The van der Waals surface area contributed by atoms with Gasteiger partial charge in [0.25, 0.3) is 0 Å². The molecule has 0 heterocycles. The van der Waals surface area contributed by atoms with Crippen LogP contribution in [0.4, 0.5) is 0 Å². The molecule has 2 atom stereocenters. The lowest BCUT2D eigenvalue weighted by molar-refractivity contribution is 0.133. The fourth-order valence-electron chi connectivity index (χ4n) is 1.33. The fourth-order valence-corrected chi connectivity index (χ4v) is 1.33. The number of aliphatic hydroxyl groups is 1. The van der Waals surface area contributed by atoms with E-state index >= 15 is 0 Å². The van der Waals surface area contributed by atoms with Crippen molar-refractivity contribution in [2.75, 3.05) is 0 Å². The van der Waals surface area contributed by atoms with Crippen molar-refractivity contribution in [1.82, 2.24) is 0 Å². The van der Waals surface area contributed by atoms with Crippen molar-refractivity contribution < 1.29 is 5.11 Å². The third kappa shape index (κ3) is 1.81. The van der Waals surface area contributed by atoms with E-state index in [0.717, 1.165) is 5.56 Å². The van der Waals surface area contributed by atoms with Gasteiger partial charge in [-0.15, -0.1) is 6.58 Å². The standard InChI is InChI=1S/C12H16O/c1-4-12(3,10(2)13)11-8-6-5-7-9-11/h4-10,13H,1H2,2-3H3/t10-,12-/m1/s1. The minimum Gasteiger partial charge on any atom is -0.392 e. The Morgan fingerprint density at radius 1 is 1.38 bits per heavy atom. The first-order valence-electron chi connectivity index (χ1n) is 4.48. The Bertz CT molecular complexity index is 276. The van der Waals surface area contributed by atoms with Crippen LogP contribution in [-0.2, 0) is 5.41 Å². The molecule has 0 fully saturated rings. The van der Waals surface area contributed by atoms with E-state index in [1.807, 2.05) is 37.3 Å². The van der Waals surface area contributed by atoms with Crippen molar-refractivity contribution >= 4 is 0 Å². The minimum absolute atomic E-state index is 0.346. The van der Waals surface area contributed by atoms with Crippen molar-refractivity contribution in [2.45, 2.75) is 25.4 Å². The maximum atomic E-state index is 9.65. The van der Waals surface area contributed by atoms with E-state index in [2.05, 4.69) is 6.58 Å². The molecule has 13 heavy (non-hydrogen) atoms. The number of rotatable bonds is 3. The summed E-state index contributed by atoms with van der Waals surface area (Å²) in [6.45, 7) is 7.54. The summed E-state index contributed by atoms with van der Waals surface area (Å²) in [4.78, 5) is 0. The Hall–Kier alpha value is -1.08. The van der Waals surface area contributed by atoms with E-state index < -0.39 is 6.10 Å². The molecule has 0 aliphatic carbocycles. The second-order valence-electron chi connectivity index (χ2n) is 3.53. The minimum atomic E-state index is -0.424. The molecule has 1 aromatic carbocycles. The van der Waals surface area contributed by atoms with E-state index in [1.165, 1.54) is 0 Å². The van der Waals surface area contributed by atoms with Gasteiger partial charge < -0.3 is 5.11 Å². The molecule has 1 heteroatoms. The molecular weight excluding hydrogens is 160 g/mol. The maximum Gasteiger partial charge on any atom is 0.0640 e. The molecular formula is C12H16O. The van der Waals surface area contributed by atoms with Crippen LogP contribution in [0.5, 0.6) is 0 Å². The average Bonchev–Trinajstić information content (AvgIpc) is 2.17. The van der Waals surface area contributed by atoms with E-state index in [9.17, 15) is 5.11 Å². The monoisotopic (exact) mass is 176 g/mol. The van der Waals surface area contributed by atoms with Crippen molar-refractivity contribution in [3.63, 3.8) is 0 Å². The lowest BCUT2D eigenvalue weighted by Gasteiger charge is -2.29. The van der Waals surface area contributed by atoms with Crippen LogP contribution in [-0.4, -0.2) is 11.2 Å². The summed E-state index contributed by atoms with van der Waals surface area (Å²) in [5.74, 6) is 0. The summed E-state index contributed by atoms with van der Waals surface area (Å²) in [6.07, 6.45) is 1.37. The molecule has 0 amide bonds. The molecule has 1 rings (SSSR count). The van der Waals surface area contributed by atoms with Crippen LogP contribution in [0.25, 0.3) is 0 Å². The van der Waals surface area contributed by atoms with Gasteiger partial charge in [0.05, 0.1) is 6.10 Å². The highest BCUT2D eigenvalue weighted by Gasteiger charge is 2.27. The van der Waals surface area contributed by atoms with Gasteiger partial charge in [0.15, 0.2) is 0 Å². The molecule has 0 saturated heterocycles. The fraction of sp³-hybridized carbons (Fsp3) is 0.333. The lowest BCUT2D eigenvalue weighted by Crippen LogP contribution is -2.32. The third-order valence-corrected chi connectivity index (χ3v) is 2.69. The molecule has 1 nitrogen and oxygen atoms in total. The molecule has 0 bridgehead atoms. The van der Waals surface area contributed by atoms with Crippen molar-refractivity contribution in [3.8, 4) is 0 Å². The van der Waals surface area contributed by atoms with Gasteiger partial charge in [-0.05, 0) is 19.4 Å². The molecule has 1 N–H and O–H groups in total. The number of hydrogen-bond acceptors (Lipinski definition) is 1. The highest BCUT2D eigenvalue weighted by molar-refractivity contribution is 5.30. The predicted molar refractivity (Wildman–Crippen MR) is 55.7 cm³/mol. The smallest absolute Gasteiger partial charge is 0.0640 e. The Balaban J connectivity index is 3.10. The topological polar surface area (TPSA) is 20.2 Å². The highest BCUT2D eigenvalue weighted by atomic mass is 16.3. The van der Waals surface area contributed by atoms with Gasteiger partial charge in [-0.25, -0.2) is 0 Å². The second-order valence-corrected chi connectivity index (χ2v) is 3.53. The molecule has 0 aromatic heterocycles. The molecule has 0 aliphatic rings. The van der Waals surface area contributed by atoms with E-state index in [1.54, 1.807) is 13.0 Å². The summed E-state index contributed by atoms with van der Waals surface area (Å²) in [5, 5.41) is 9.65. The predicted octanol–water partition coefficient (Wildman–Crippen LogP) is 2.51. The molecule has 70 valence electrons. The van der Waals surface area contributed by atoms with Gasteiger partial charge in [0.1, 0.15) is 0 Å². The van der Waals surface area contributed by atoms with Crippen LogP contribution in [0.3, 0.4) is 0 Å². The first-order valence-corrected chi connectivity index (χ1v) is 4.48. The summed E-state index contributed by atoms with van der Waals surface area (Å²) in [6, 6.07) is 9.93. The molecule has 0 unspecified atom stereocenters. The van der Waals surface area contributed by atoms with Gasteiger partial charge in [0.2, 0.25) is 0 Å². The van der Waals surface area contributed by atoms with Crippen LogP contribution < -0.4 is 0 Å². The third-order valence-electron chi connectivity index (χ3n) is 2.69. The first-order chi connectivity index (χ1) is 6.11. The Kier molecular flexibility index (Phi) is 2.89. The van der Waals surface area contributed by atoms with Crippen LogP contribution in [0.1, 0.15) is 19.4 Å². The van der Waals surface area contributed by atoms with Crippen LogP contribution in [0.2, 0.25) is 0 Å². The summed E-state index contributed by atoms with van der Waals surface area (Å²) >= 11 is 0. The zero-order valence-corrected chi connectivity index (χ0v) is 8.20. The summed E-state index contributed by atoms with van der Waals surface area (Å²) in [5.41, 5.74) is 0.751. The Morgan fingerprint density at radius 2 is 1.92 bits per heavy atom. The van der Waals surface area contributed by atoms with Crippen LogP contribution in [0.15, 0.2) is 43.0 Å². The summed E-state index contributed by atoms with van der Waals surface area (Å²) < 4.78 is 0. The number of hydrogen-bond donors (Lipinski definition) is 1. The maximum absolute atomic E-state index is 9.65. The van der Waals surface area contributed by atoms with E-state index in [-0.39, 0.29) is 5.41 Å². The molecule has 0 radical (unpaired) electrons. The second kappa shape index (κ2) is 3.75. The van der Waals surface area contributed by atoms with Crippen LogP contribution >= 0.6 is 0 Å². The summed E-state index contributed by atoms with van der Waals surface area (Å²) in [7, 11) is 0. The van der Waals surface area contributed by atoms with Gasteiger partial charge in [-0.1, -0.05) is 36.4 Å². The van der Waals surface area contributed by atoms with Gasteiger partial charge >= 0.3 is 0 Å². The first kappa shape index (κ1) is 10.0.